The van der Waals surface area contributed by atoms with E-state index in [2.05, 4.69) is 49.3 Å². The van der Waals surface area contributed by atoms with Crippen molar-refractivity contribution in [2.45, 2.75) is 200 Å². The zero-order valence-corrected chi connectivity index (χ0v) is 39.7. The maximum atomic E-state index is 11.1. The van der Waals surface area contributed by atoms with Crippen LogP contribution >= 0.6 is 0 Å². The number of aliphatic hydroxyl groups excluding tert-OH is 4. The molecule has 0 radical (unpaired) electrons. The number of hydrogen-bond donors (Lipinski definition) is 4. The molecule has 0 aromatic heterocycles. The van der Waals surface area contributed by atoms with Crippen molar-refractivity contribution < 1.29 is 39.4 Å². The van der Waals surface area contributed by atoms with Gasteiger partial charge in [-0.3, -0.25) is 14.7 Å². The number of ether oxygens (including phenoxy) is 4. The van der Waals surface area contributed by atoms with Gasteiger partial charge in [0.2, 0.25) is 0 Å². The van der Waals surface area contributed by atoms with E-state index in [1.807, 2.05) is 0 Å². The van der Waals surface area contributed by atoms with E-state index in [0.29, 0.717) is 85.5 Å². The highest BCUT2D eigenvalue weighted by Gasteiger charge is 2.21. The van der Waals surface area contributed by atoms with E-state index >= 15 is 0 Å². The molecule has 11 nitrogen and oxygen atoms in total. The van der Waals surface area contributed by atoms with Gasteiger partial charge in [-0.05, 0) is 38.6 Å². The number of hydrogen-bond acceptors (Lipinski definition) is 11. The van der Waals surface area contributed by atoms with E-state index in [9.17, 15) is 20.4 Å². The summed E-state index contributed by atoms with van der Waals surface area (Å²) in [6.45, 7) is 19.9. The highest BCUT2D eigenvalue weighted by Crippen LogP contribution is 2.14. The van der Waals surface area contributed by atoms with E-state index in [4.69, 9.17) is 18.9 Å². The largest absolute Gasteiger partial charge is 0.389 e. The van der Waals surface area contributed by atoms with E-state index in [1.165, 1.54) is 83.5 Å². The van der Waals surface area contributed by atoms with Gasteiger partial charge in [0.1, 0.15) is 0 Å². The molecule has 356 valence electrons. The maximum absolute atomic E-state index is 11.1. The third-order valence-electron chi connectivity index (χ3n) is 11.0. The van der Waals surface area contributed by atoms with Gasteiger partial charge in [-0.25, -0.2) is 0 Å². The molecule has 0 bridgehead atoms. The highest BCUT2D eigenvalue weighted by atomic mass is 16.5. The maximum Gasteiger partial charge on any atom is 0.0900 e. The zero-order chi connectivity index (χ0) is 43.4. The van der Waals surface area contributed by atoms with Crippen molar-refractivity contribution in [2.75, 3.05) is 112 Å². The molecule has 0 aliphatic heterocycles. The first-order valence-electron chi connectivity index (χ1n) is 25.0. The van der Waals surface area contributed by atoms with Crippen molar-refractivity contribution in [3.05, 3.63) is 0 Å². The summed E-state index contributed by atoms with van der Waals surface area (Å²) in [5.41, 5.74) is 0. The zero-order valence-electron chi connectivity index (χ0n) is 39.7. The molecule has 0 aliphatic carbocycles. The second-order valence-electron chi connectivity index (χ2n) is 17.3. The summed E-state index contributed by atoms with van der Waals surface area (Å²) in [5, 5.41) is 43.9. The Balaban J connectivity index is 5.47. The Morgan fingerprint density at radius 2 is 0.525 bits per heavy atom. The second kappa shape index (κ2) is 45.6. The van der Waals surface area contributed by atoms with Gasteiger partial charge in [-0.1, -0.05) is 144 Å². The molecule has 0 saturated heterocycles. The molecule has 4 N–H and O–H groups in total. The first-order chi connectivity index (χ1) is 28.8. The Morgan fingerprint density at radius 3 is 0.831 bits per heavy atom. The van der Waals surface area contributed by atoms with Gasteiger partial charge in [0.15, 0.2) is 0 Å². The van der Waals surface area contributed by atoms with Gasteiger partial charge in [-0.2, -0.15) is 0 Å². The van der Waals surface area contributed by atoms with E-state index in [-0.39, 0.29) is 13.2 Å². The topological polar surface area (TPSA) is 128 Å². The van der Waals surface area contributed by atoms with E-state index < -0.39 is 24.4 Å². The number of nitrogens with zero attached hydrogens (tertiary/aromatic N) is 3. The van der Waals surface area contributed by atoms with Crippen LogP contribution in [0.5, 0.6) is 0 Å². The molecule has 0 rings (SSSR count). The molecule has 11 heteroatoms. The summed E-state index contributed by atoms with van der Waals surface area (Å²) >= 11 is 0. The molecule has 4 unspecified atom stereocenters. The molecule has 0 aromatic rings. The van der Waals surface area contributed by atoms with Gasteiger partial charge in [-0.15, -0.1) is 0 Å². The molecule has 0 heterocycles. The van der Waals surface area contributed by atoms with Crippen LogP contribution in [0.1, 0.15) is 176 Å². The fourth-order valence-electron chi connectivity index (χ4n) is 7.21. The van der Waals surface area contributed by atoms with Gasteiger partial charge in [0.05, 0.1) is 50.8 Å². The monoisotopic (exact) mass is 848 g/mol. The van der Waals surface area contributed by atoms with Gasteiger partial charge in [0, 0.05) is 78.8 Å². The van der Waals surface area contributed by atoms with Gasteiger partial charge >= 0.3 is 0 Å². The normalized spacial score (nSPS) is 14.2. The highest BCUT2D eigenvalue weighted by molar-refractivity contribution is 4.75. The quantitative estimate of drug-likeness (QED) is 0.0444. The summed E-state index contributed by atoms with van der Waals surface area (Å²) in [4.78, 5) is 6.75. The van der Waals surface area contributed by atoms with E-state index in [0.717, 1.165) is 70.9 Å². The molecule has 0 saturated carbocycles. The van der Waals surface area contributed by atoms with Crippen molar-refractivity contribution in [3.63, 3.8) is 0 Å². The molecule has 0 spiro atoms. The predicted molar refractivity (Wildman–Crippen MR) is 247 cm³/mol. The van der Waals surface area contributed by atoms with Crippen LogP contribution in [0.2, 0.25) is 0 Å². The summed E-state index contributed by atoms with van der Waals surface area (Å²) < 4.78 is 23.1. The smallest absolute Gasteiger partial charge is 0.0900 e. The molecule has 0 aromatic carbocycles. The van der Waals surface area contributed by atoms with Crippen molar-refractivity contribution in [3.8, 4) is 0 Å². The fraction of sp³-hybridized carbons (Fsp3) is 1.00. The Kier molecular flexibility index (Phi) is 45.2. The SMILES string of the molecule is CCCCCCCCCCCCCCCCN(CCN(CCN(CC(O)COCCCC)CC(O)COCCCC)CC(O)COCCCC)CC(O)COCCCC. The number of rotatable bonds is 49. The molecular formula is C48H101N3O8. The molecular weight excluding hydrogens is 747 g/mol. The van der Waals surface area contributed by atoms with Crippen LogP contribution in [-0.2, 0) is 18.9 Å². The lowest BCUT2D eigenvalue weighted by atomic mass is 10.0. The van der Waals surface area contributed by atoms with Gasteiger partial charge < -0.3 is 39.4 Å². The Bertz CT molecular complexity index is 798. The van der Waals surface area contributed by atoms with Crippen LogP contribution in [0.3, 0.4) is 0 Å². The van der Waals surface area contributed by atoms with Gasteiger partial charge in [0.25, 0.3) is 0 Å². The summed E-state index contributed by atoms with van der Waals surface area (Å²) in [5.74, 6) is 0. The minimum absolute atomic E-state index is 0.260. The average molecular weight is 848 g/mol. The fourth-order valence-corrected chi connectivity index (χ4v) is 7.21. The third-order valence-corrected chi connectivity index (χ3v) is 11.0. The molecule has 0 aliphatic rings. The Morgan fingerprint density at radius 1 is 0.288 bits per heavy atom. The molecule has 0 amide bonds. The predicted octanol–water partition coefficient (Wildman–Crippen LogP) is 8.08. The van der Waals surface area contributed by atoms with Crippen molar-refractivity contribution in [1.82, 2.24) is 14.7 Å². The minimum Gasteiger partial charge on any atom is -0.389 e. The summed E-state index contributed by atoms with van der Waals surface area (Å²) in [6, 6.07) is 0. The van der Waals surface area contributed by atoms with Crippen LogP contribution in [-0.4, -0.2) is 171 Å². The van der Waals surface area contributed by atoms with Crippen molar-refractivity contribution in [2.24, 2.45) is 0 Å². The van der Waals surface area contributed by atoms with Crippen molar-refractivity contribution >= 4 is 0 Å². The standard InChI is InChI=1S/C48H101N3O8/c1-6-11-16-17-18-19-20-21-22-23-24-25-26-27-28-49(37-45(52)41-56-33-12-7-2)29-30-50(38-46(53)42-57-34-13-8-3)31-32-51(39-47(54)43-58-35-14-9-4)40-48(55)44-59-36-15-10-5/h45-48,52-55H,6-44H2,1-5H3. The third kappa shape index (κ3) is 41.3. The minimum atomic E-state index is -0.673. The summed E-state index contributed by atoms with van der Waals surface area (Å²) in [6.07, 6.45) is 24.1. The lowest BCUT2D eigenvalue weighted by Gasteiger charge is -2.33. The first kappa shape index (κ1) is 58.6. The Hall–Kier alpha value is -0.440. The lowest BCUT2D eigenvalue weighted by Crippen LogP contribution is -2.48. The number of aliphatic hydroxyl groups is 4. The molecule has 0 fully saturated rings. The van der Waals surface area contributed by atoms with Crippen LogP contribution in [0.25, 0.3) is 0 Å². The van der Waals surface area contributed by atoms with Crippen LogP contribution in [0.15, 0.2) is 0 Å². The second-order valence-corrected chi connectivity index (χ2v) is 17.3. The Labute approximate surface area is 365 Å². The lowest BCUT2D eigenvalue weighted by molar-refractivity contribution is -0.0165. The van der Waals surface area contributed by atoms with E-state index in [1.54, 1.807) is 0 Å². The van der Waals surface area contributed by atoms with Crippen LogP contribution in [0, 0.1) is 0 Å². The summed E-state index contributed by atoms with van der Waals surface area (Å²) in [7, 11) is 0. The average Bonchev–Trinajstić information content (AvgIpc) is 3.22. The molecule has 4 atom stereocenters. The molecule has 59 heavy (non-hydrogen) atoms. The van der Waals surface area contributed by atoms with Crippen LogP contribution in [0.4, 0.5) is 0 Å². The number of unbranched alkanes of at least 4 members (excludes halogenated alkanes) is 17. The first-order valence-corrected chi connectivity index (χ1v) is 25.0. The van der Waals surface area contributed by atoms with Crippen LogP contribution < -0.4 is 0 Å². The van der Waals surface area contributed by atoms with Crippen molar-refractivity contribution in [1.29, 1.82) is 0 Å².